The number of benzene rings is 2. The zero-order valence-corrected chi connectivity index (χ0v) is 20.9. The summed E-state index contributed by atoms with van der Waals surface area (Å²) in [6, 6.07) is 11.4. The predicted molar refractivity (Wildman–Crippen MR) is 131 cm³/mol. The van der Waals surface area contributed by atoms with E-state index >= 15 is 0 Å². The molecule has 0 radical (unpaired) electrons. The molecule has 192 valence electrons. The summed E-state index contributed by atoms with van der Waals surface area (Å²) in [5.41, 5.74) is 0.161. The van der Waals surface area contributed by atoms with E-state index in [1.165, 1.54) is 25.1 Å². The Labute approximate surface area is 209 Å². The smallest absolute Gasteiger partial charge is 0.289 e. The van der Waals surface area contributed by atoms with Gasteiger partial charge in [0, 0.05) is 38.7 Å². The van der Waals surface area contributed by atoms with Crippen LogP contribution in [0.1, 0.15) is 53.8 Å². The Morgan fingerprint density at radius 1 is 1.03 bits per heavy atom. The minimum Gasteiger partial charge on any atom is -0.354 e. The maximum absolute atomic E-state index is 13.4. The van der Waals surface area contributed by atoms with Gasteiger partial charge in [-0.1, -0.05) is 24.3 Å². The van der Waals surface area contributed by atoms with Gasteiger partial charge in [-0.2, -0.15) is 4.31 Å². The number of sulfonamides is 1. The first-order chi connectivity index (χ1) is 17.0. The van der Waals surface area contributed by atoms with Crippen molar-refractivity contribution >= 4 is 33.4 Å². The molecule has 0 bridgehead atoms. The third kappa shape index (κ3) is 5.94. The topological polar surface area (TPSA) is 147 Å². The van der Waals surface area contributed by atoms with E-state index in [0.717, 1.165) is 15.3 Å². The minimum absolute atomic E-state index is 0.0167. The van der Waals surface area contributed by atoms with E-state index < -0.39 is 25.5 Å². The molecule has 3 amide bonds. The van der Waals surface area contributed by atoms with E-state index in [4.69, 9.17) is 0 Å². The number of nitro benzene ring substituents is 1. The number of nitro groups is 1. The maximum Gasteiger partial charge on any atom is 0.289 e. The van der Waals surface area contributed by atoms with Gasteiger partial charge in [-0.05, 0) is 44.4 Å². The van der Waals surface area contributed by atoms with Gasteiger partial charge in [-0.25, -0.2) is 8.42 Å². The van der Waals surface area contributed by atoms with Gasteiger partial charge >= 0.3 is 0 Å². The lowest BCUT2D eigenvalue weighted by Gasteiger charge is -2.24. The van der Waals surface area contributed by atoms with E-state index in [1.807, 2.05) is 0 Å². The van der Waals surface area contributed by atoms with E-state index in [-0.39, 0.29) is 49.8 Å². The van der Waals surface area contributed by atoms with Gasteiger partial charge in [0.1, 0.15) is 0 Å². The summed E-state index contributed by atoms with van der Waals surface area (Å²) in [6.45, 7) is 3.25. The van der Waals surface area contributed by atoms with Crippen LogP contribution in [-0.4, -0.2) is 65.9 Å². The molecule has 1 heterocycles. The van der Waals surface area contributed by atoms with E-state index in [2.05, 4.69) is 5.32 Å². The van der Waals surface area contributed by atoms with Crippen LogP contribution in [0.4, 0.5) is 5.69 Å². The van der Waals surface area contributed by atoms with E-state index in [0.29, 0.717) is 24.0 Å². The lowest BCUT2D eigenvalue weighted by molar-refractivity contribution is -0.387. The molecule has 2 aromatic carbocycles. The molecule has 0 aliphatic carbocycles. The van der Waals surface area contributed by atoms with Gasteiger partial charge in [0.05, 0.1) is 16.1 Å². The SMILES string of the molecule is CC(=O)N[C@@H](C)CCN(CCCCN1C(=O)c2ccccc2C1=O)S(=O)(=O)c1ccccc1[N+](=O)[O-]. The second kappa shape index (κ2) is 11.4. The number of rotatable bonds is 12. The summed E-state index contributed by atoms with van der Waals surface area (Å²) >= 11 is 0. The van der Waals surface area contributed by atoms with E-state index in [1.54, 1.807) is 31.2 Å². The summed E-state index contributed by atoms with van der Waals surface area (Å²) in [6.07, 6.45) is 0.940. The number of fused-ring (bicyclic) bond motifs is 1. The molecule has 0 fully saturated rings. The summed E-state index contributed by atoms with van der Waals surface area (Å²) in [5.74, 6) is -1.02. The molecule has 3 rings (SSSR count). The Morgan fingerprint density at radius 2 is 1.61 bits per heavy atom. The fourth-order valence-corrected chi connectivity index (χ4v) is 5.73. The fourth-order valence-electron chi connectivity index (χ4n) is 4.07. The van der Waals surface area contributed by atoms with Crippen LogP contribution in [0.15, 0.2) is 53.4 Å². The first kappa shape index (κ1) is 27.0. The number of nitrogens with one attached hydrogen (secondary N) is 1. The molecule has 1 aliphatic heterocycles. The Kier molecular flexibility index (Phi) is 8.53. The zero-order chi connectivity index (χ0) is 26.5. The highest BCUT2D eigenvalue weighted by Gasteiger charge is 2.35. The highest BCUT2D eigenvalue weighted by atomic mass is 32.2. The highest BCUT2D eigenvalue weighted by molar-refractivity contribution is 7.89. The van der Waals surface area contributed by atoms with Crippen molar-refractivity contribution < 1.29 is 27.7 Å². The molecule has 0 saturated carbocycles. The molecule has 12 heteroatoms. The monoisotopic (exact) mass is 516 g/mol. The Bertz CT molecular complexity index is 1240. The molecular formula is C24H28N4O7S. The minimum atomic E-state index is -4.23. The molecule has 1 atom stereocenters. The van der Waals surface area contributed by atoms with Gasteiger partial charge < -0.3 is 5.32 Å². The average molecular weight is 517 g/mol. The summed E-state index contributed by atoms with van der Waals surface area (Å²) in [4.78, 5) is 47.9. The van der Waals surface area contributed by atoms with E-state index in [9.17, 15) is 32.9 Å². The zero-order valence-electron chi connectivity index (χ0n) is 20.0. The van der Waals surface area contributed by atoms with Crippen LogP contribution in [0.25, 0.3) is 0 Å². The van der Waals surface area contributed by atoms with Crippen LogP contribution in [-0.2, 0) is 14.8 Å². The molecule has 36 heavy (non-hydrogen) atoms. The number of para-hydroxylation sites is 1. The van der Waals surface area contributed by atoms with Gasteiger partial charge in [-0.3, -0.25) is 29.4 Å². The maximum atomic E-state index is 13.4. The first-order valence-electron chi connectivity index (χ1n) is 11.5. The Balaban J connectivity index is 1.72. The molecule has 0 unspecified atom stereocenters. The second-order valence-corrected chi connectivity index (χ2v) is 10.4. The third-order valence-corrected chi connectivity index (χ3v) is 7.80. The fraction of sp³-hybridized carbons (Fsp3) is 0.375. The van der Waals surface area contributed by atoms with Crippen molar-refractivity contribution in [2.24, 2.45) is 0 Å². The molecule has 0 aromatic heterocycles. The quantitative estimate of drug-likeness (QED) is 0.197. The highest BCUT2D eigenvalue weighted by Crippen LogP contribution is 2.27. The largest absolute Gasteiger partial charge is 0.354 e. The molecule has 2 aromatic rings. The predicted octanol–water partition coefficient (Wildman–Crippen LogP) is 2.58. The van der Waals surface area contributed by atoms with Gasteiger partial charge in [0.2, 0.25) is 15.9 Å². The number of nitrogens with zero attached hydrogens (tertiary/aromatic N) is 3. The Hall–Kier alpha value is -3.64. The van der Waals surface area contributed by atoms with Crippen molar-refractivity contribution in [1.82, 2.24) is 14.5 Å². The van der Waals surface area contributed by atoms with Crippen molar-refractivity contribution in [3.8, 4) is 0 Å². The summed E-state index contributed by atoms with van der Waals surface area (Å²) < 4.78 is 28.0. The van der Waals surface area contributed by atoms with Crippen molar-refractivity contribution in [1.29, 1.82) is 0 Å². The summed E-state index contributed by atoms with van der Waals surface area (Å²) in [5, 5.41) is 14.1. The number of hydrogen-bond donors (Lipinski definition) is 1. The third-order valence-electron chi connectivity index (χ3n) is 5.86. The number of imide groups is 1. The first-order valence-corrected chi connectivity index (χ1v) is 12.9. The lowest BCUT2D eigenvalue weighted by Crippen LogP contribution is -2.38. The average Bonchev–Trinajstić information content (AvgIpc) is 3.07. The molecule has 1 aliphatic rings. The number of carbonyl (C=O) groups excluding carboxylic acids is 3. The standard InChI is InChI=1S/C24H28N4O7S/c1-17(25-18(2)29)13-16-26(36(34,35)22-12-6-5-11-21(22)28(32)33)14-7-8-15-27-23(30)19-9-3-4-10-20(19)24(27)31/h3-6,9-12,17H,7-8,13-16H2,1-2H3,(H,25,29)/t17-/m0/s1. The van der Waals surface area contributed by atoms with Crippen LogP contribution in [0.5, 0.6) is 0 Å². The van der Waals surface area contributed by atoms with Crippen LogP contribution >= 0.6 is 0 Å². The number of amides is 3. The Morgan fingerprint density at radius 3 is 2.19 bits per heavy atom. The van der Waals surface area contributed by atoms with Crippen molar-refractivity contribution in [2.75, 3.05) is 19.6 Å². The van der Waals surface area contributed by atoms with Crippen molar-refractivity contribution in [3.05, 3.63) is 69.8 Å². The van der Waals surface area contributed by atoms with Crippen molar-refractivity contribution in [3.63, 3.8) is 0 Å². The van der Waals surface area contributed by atoms with Crippen LogP contribution < -0.4 is 5.32 Å². The van der Waals surface area contributed by atoms with Gasteiger partial charge in [-0.15, -0.1) is 0 Å². The molecule has 1 N–H and O–H groups in total. The van der Waals surface area contributed by atoms with Gasteiger partial charge in [0.25, 0.3) is 17.5 Å². The molecule has 0 saturated heterocycles. The number of carbonyl (C=O) groups is 3. The van der Waals surface area contributed by atoms with Crippen LogP contribution in [0.3, 0.4) is 0 Å². The molecular weight excluding hydrogens is 488 g/mol. The molecule has 11 nitrogen and oxygen atoms in total. The van der Waals surface area contributed by atoms with Gasteiger partial charge in [0.15, 0.2) is 4.90 Å². The number of unbranched alkanes of at least 4 members (excludes halogenated alkanes) is 1. The van der Waals surface area contributed by atoms with Crippen molar-refractivity contribution in [2.45, 2.75) is 44.0 Å². The summed E-state index contributed by atoms with van der Waals surface area (Å²) in [7, 11) is -4.23. The molecule has 0 spiro atoms. The van der Waals surface area contributed by atoms with Crippen LogP contribution in [0.2, 0.25) is 0 Å². The lowest BCUT2D eigenvalue weighted by atomic mass is 10.1. The normalized spacial score (nSPS) is 14.1. The second-order valence-electron chi connectivity index (χ2n) is 8.53. The van der Waals surface area contributed by atoms with Crippen LogP contribution in [0, 0.1) is 10.1 Å². The number of hydrogen-bond acceptors (Lipinski definition) is 7.